The number of nitrogens with zero attached hydrogens (tertiary/aromatic N) is 1. The first-order valence-electron chi connectivity index (χ1n) is 5.89. The van der Waals surface area contributed by atoms with Gasteiger partial charge in [0.2, 0.25) is 0 Å². The van der Waals surface area contributed by atoms with Crippen LogP contribution in [0.2, 0.25) is 4.34 Å². The lowest BCUT2D eigenvalue weighted by Gasteiger charge is -2.20. The summed E-state index contributed by atoms with van der Waals surface area (Å²) in [5.41, 5.74) is 0.727. The fourth-order valence-corrected chi connectivity index (χ4v) is 3.19. The van der Waals surface area contributed by atoms with Gasteiger partial charge in [0.1, 0.15) is 0 Å². The molecule has 0 saturated heterocycles. The summed E-state index contributed by atoms with van der Waals surface area (Å²) in [6.07, 6.45) is 0. The van der Waals surface area contributed by atoms with Gasteiger partial charge in [-0.25, -0.2) is 0 Å². The maximum Gasteiger partial charge on any atom is 0.254 e. The zero-order valence-corrected chi connectivity index (χ0v) is 14.1. The van der Waals surface area contributed by atoms with Crippen molar-refractivity contribution in [3.63, 3.8) is 0 Å². The van der Waals surface area contributed by atoms with Crippen LogP contribution in [0.3, 0.4) is 0 Å². The number of amides is 1. The zero-order valence-electron chi connectivity index (χ0n) is 10.4. The summed E-state index contributed by atoms with van der Waals surface area (Å²) < 4.78 is 1.88. The summed E-state index contributed by atoms with van der Waals surface area (Å²) in [5, 5.41) is 0. The molecule has 0 N–H and O–H groups in total. The average molecular weight is 406 g/mol. The first-order chi connectivity index (χ1) is 9.10. The van der Waals surface area contributed by atoms with Crippen LogP contribution in [0.15, 0.2) is 36.4 Å². The second-order valence-corrected chi connectivity index (χ2v) is 7.08. The molecule has 1 heterocycles. The third-order valence-electron chi connectivity index (χ3n) is 2.74. The van der Waals surface area contributed by atoms with Gasteiger partial charge in [-0.15, -0.1) is 11.3 Å². The smallest absolute Gasteiger partial charge is 0.254 e. The molecule has 1 aromatic carbocycles. The normalized spacial score (nSPS) is 10.5. The minimum absolute atomic E-state index is 0.0587. The van der Waals surface area contributed by atoms with Gasteiger partial charge in [0.15, 0.2) is 0 Å². The summed E-state index contributed by atoms with van der Waals surface area (Å²) in [7, 11) is 0. The van der Waals surface area contributed by atoms with Crippen LogP contribution < -0.4 is 0 Å². The van der Waals surface area contributed by atoms with E-state index in [9.17, 15) is 4.79 Å². The van der Waals surface area contributed by atoms with Gasteiger partial charge in [-0.3, -0.25) is 4.79 Å². The Kier molecular flexibility index (Phi) is 5.24. The predicted octanol–water partition coefficient (Wildman–Crippen LogP) is 4.67. The second kappa shape index (κ2) is 6.72. The van der Waals surface area contributed by atoms with Gasteiger partial charge in [-0.1, -0.05) is 11.6 Å². The Hall–Kier alpha value is -0.590. The quantitative estimate of drug-likeness (QED) is 0.677. The fourth-order valence-electron chi connectivity index (χ4n) is 1.73. The summed E-state index contributed by atoms with van der Waals surface area (Å²) in [6.45, 7) is 3.28. The van der Waals surface area contributed by atoms with Gasteiger partial charge in [-0.2, -0.15) is 0 Å². The number of halogens is 2. The molecule has 0 bridgehead atoms. The van der Waals surface area contributed by atoms with Gasteiger partial charge in [-0.05, 0) is 65.9 Å². The highest BCUT2D eigenvalue weighted by atomic mass is 127. The van der Waals surface area contributed by atoms with Gasteiger partial charge in [0.05, 0.1) is 10.9 Å². The Labute approximate surface area is 135 Å². The molecule has 0 aliphatic carbocycles. The molecule has 2 rings (SSSR count). The monoisotopic (exact) mass is 405 g/mol. The van der Waals surface area contributed by atoms with Crippen molar-refractivity contribution in [3.8, 4) is 0 Å². The first-order valence-corrected chi connectivity index (χ1v) is 8.16. The van der Waals surface area contributed by atoms with E-state index in [0.717, 1.165) is 18.3 Å². The van der Waals surface area contributed by atoms with Crippen molar-refractivity contribution in [2.24, 2.45) is 0 Å². The van der Waals surface area contributed by atoms with E-state index in [4.69, 9.17) is 11.6 Å². The molecule has 1 aromatic heterocycles. The Morgan fingerprint density at radius 3 is 2.47 bits per heavy atom. The molecule has 5 heteroatoms. The number of carbonyl (C=O) groups is 1. The summed E-state index contributed by atoms with van der Waals surface area (Å²) in [4.78, 5) is 15.3. The van der Waals surface area contributed by atoms with Crippen molar-refractivity contribution in [1.82, 2.24) is 4.90 Å². The van der Waals surface area contributed by atoms with Crippen LogP contribution in [0.5, 0.6) is 0 Å². The predicted molar refractivity (Wildman–Crippen MR) is 88.9 cm³/mol. The molecular weight excluding hydrogens is 393 g/mol. The largest absolute Gasteiger partial charge is 0.334 e. The Morgan fingerprint density at radius 1 is 1.26 bits per heavy atom. The van der Waals surface area contributed by atoms with Gasteiger partial charge in [0.25, 0.3) is 5.91 Å². The highest BCUT2D eigenvalue weighted by Gasteiger charge is 2.15. The number of hydrogen-bond acceptors (Lipinski definition) is 2. The Bertz CT molecular complexity index is 567. The van der Waals surface area contributed by atoms with Crippen LogP contribution in [0.4, 0.5) is 0 Å². The van der Waals surface area contributed by atoms with Crippen molar-refractivity contribution < 1.29 is 4.79 Å². The molecule has 2 nitrogen and oxygen atoms in total. The van der Waals surface area contributed by atoms with Crippen molar-refractivity contribution >= 4 is 51.4 Å². The van der Waals surface area contributed by atoms with Crippen LogP contribution in [0.1, 0.15) is 22.2 Å². The van der Waals surface area contributed by atoms with Gasteiger partial charge in [0, 0.05) is 20.6 Å². The third-order valence-corrected chi connectivity index (χ3v) is 4.67. The molecule has 0 atom stereocenters. The average Bonchev–Trinajstić information content (AvgIpc) is 2.81. The maximum atomic E-state index is 12.4. The van der Waals surface area contributed by atoms with Crippen LogP contribution in [0, 0.1) is 3.57 Å². The molecule has 0 radical (unpaired) electrons. The van der Waals surface area contributed by atoms with E-state index < -0.39 is 0 Å². The molecule has 0 aliphatic heterocycles. The van der Waals surface area contributed by atoms with E-state index in [0.29, 0.717) is 13.1 Å². The Morgan fingerprint density at radius 2 is 1.95 bits per heavy atom. The molecule has 0 fully saturated rings. The minimum atomic E-state index is 0.0587. The van der Waals surface area contributed by atoms with Gasteiger partial charge < -0.3 is 4.90 Å². The van der Waals surface area contributed by atoms with E-state index in [2.05, 4.69) is 22.6 Å². The van der Waals surface area contributed by atoms with E-state index in [1.165, 1.54) is 11.3 Å². The summed E-state index contributed by atoms with van der Waals surface area (Å²) in [6, 6.07) is 11.5. The summed E-state index contributed by atoms with van der Waals surface area (Å²) in [5.74, 6) is 0.0587. The van der Waals surface area contributed by atoms with E-state index >= 15 is 0 Å². The fraction of sp³-hybridized carbons (Fsp3) is 0.214. The summed E-state index contributed by atoms with van der Waals surface area (Å²) >= 11 is 9.66. The third kappa shape index (κ3) is 3.94. The molecule has 19 heavy (non-hydrogen) atoms. The van der Waals surface area contributed by atoms with Crippen LogP contribution in [0.25, 0.3) is 0 Å². The zero-order chi connectivity index (χ0) is 13.8. The molecule has 0 unspecified atom stereocenters. The molecule has 0 aliphatic rings. The number of benzene rings is 1. The molecule has 0 saturated carbocycles. The van der Waals surface area contributed by atoms with Gasteiger partial charge >= 0.3 is 0 Å². The molecule has 2 aromatic rings. The molecular formula is C14H13ClINOS. The first kappa shape index (κ1) is 14.8. The second-order valence-electron chi connectivity index (χ2n) is 4.03. The molecule has 100 valence electrons. The lowest BCUT2D eigenvalue weighted by molar-refractivity contribution is 0.0754. The van der Waals surface area contributed by atoms with Crippen molar-refractivity contribution in [1.29, 1.82) is 0 Å². The topological polar surface area (TPSA) is 20.3 Å². The molecule has 0 spiro atoms. The number of rotatable bonds is 4. The highest BCUT2D eigenvalue weighted by Crippen LogP contribution is 2.23. The molecule has 1 amide bonds. The van der Waals surface area contributed by atoms with Crippen molar-refractivity contribution in [2.75, 3.05) is 6.54 Å². The standard InChI is InChI=1S/C14H13ClINOS/c1-2-17(9-12-7-8-13(15)19-12)14(18)10-3-5-11(16)6-4-10/h3-8H,2,9H2,1H3. The Balaban J connectivity index is 2.12. The van der Waals surface area contributed by atoms with Crippen LogP contribution in [-0.2, 0) is 6.54 Å². The minimum Gasteiger partial charge on any atom is -0.334 e. The van der Waals surface area contributed by atoms with E-state index in [-0.39, 0.29) is 5.91 Å². The number of thiophene rings is 1. The van der Waals surface area contributed by atoms with Crippen molar-refractivity contribution in [2.45, 2.75) is 13.5 Å². The maximum absolute atomic E-state index is 12.4. The van der Waals surface area contributed by atoms with Crippen molar-refractivity contribution in [3.05, 3.63) is 54.7 Å². The SMILES string of the molecule is CCN(Cc1ccc(Cl)s1)C(=O)c1ccc(I)cc1. The number of carbonyl (C=O) groups excluding carboxylic acids is 1. The van der Waals surface area contributed by atoms with E-state index in [1.54, 1.807) is 0 Å². The number of hydrogen-bond donors (Lipinski definition) is 0. The van der Waals surface area contributed by atoms with E-state index in [1.807, 2.05) is 48.2 Å². The van der Waals surface area contributed by atoms with Crippen LogP contribution in [-0.4, -0.2) is 17.4 Å². The highest BCUT2D eigenvalue weighted by molar-refractivity contribution is 14.1. The lowest BCUT2D eigenvalue weighted by atomic mass is 10.2. The van der Waals surface area contributed by atoms with Crippen LogP contribution >= 0.6 is 45.5 Å². The lowest BCUT2D eigenvalue weighted by Crippen LogP contribution is -2.29.